The van der Waals surface area contributed by atoms with Crippen LogP contribution >= 0.6 is 11.3 Å². The zero-order chi connectivity index (χ0) is 17.1. The molecule has 124 valence electrons. The van der Waals surface area contributed by atoms with Gasteiger partial charge in [0.2, 0.25) is 0 Å². The number of hydrogen-bond donors (Lipinski definition) is 1. The molecule has 1 atom stereocenters. The molecule has 6 nitrogen and oxygen atoms in total. The van der Waals surface area contributed by atoms with Gasteiger partial charge < -0.3 is 9.84 Å². The number of carbonyl (C=O) groups is 1. The fourth-order valence-corrected chi connectivity index (χ4v) is 3.00. The van der Waals surface area contributed by atoms with Crippen LogP contribution in [0.2, 0.25) is 0 Å². The van der Waals surface area contributed by atoms with Gasteiger partial charge in [-0.05, 0) is 42.6 Å². The van der Waals surface area contributed by atoms with Crippen molar-refractivity contribution in [2.45, 2.75) is 19.6 Å². The average molecular weight is 344 g/mol. The summed E-state index contributed by atoms with van der Waals surface area (Å²) in [6.45, 7) is 1.63. The van der Waals surface area contributed by atoms with Crippen LogP contribution in [0.4, 0.5) is 0 Å². The first-order valence-corrected chi connectivity index (χ1v) is 8.27. The minimum absolute atomic E-state index is 0.0164. The standard InChI is InChI=1S/C17H16N2O4S/c1-11(20)12-2-4-14(5-3-12)23-9-13(21)8-19-10-18-16-15(17(19)22)6-7-24-16/h2-7,10,13,21H,8-9H2,1H3. The molecule has 24 heavy (non-hydrogen) atoms. The van der Waals surface area contributed by atoms with Gasteiger partial charge in [-0.15, -0.1) is 11.3 Å². The molecule has 0 saturated carbocycles. The van der Waals surface area contributed by atoms with E-state index in [0.717, 1.165) is 0 Å². The van der Waals surface area contributed by atoms with Crippen LogP contribution in [-0.4, -0.2) is 33.2 Å². The quantitative estimate of drug-likeness (QED) is 0.693. The van der Waals surface area contributed by atoms with Crippen molar-refractivity contribution in [3.63, 3.8) is 0 Å². The molecule has 0 radical (unpaired) electrons. The molecule has 3 aromatic rings. The summed E-state index contributed by atoms with van der Waals surface area (Å²) in [5, 5.41) is 12.5. The zero-order valence-corrected chi connectivity index (χ0v) is 13.8. The SMILES string of the molecule is CC(=O)c1ccc(OCC(O)Cn2cnc3sccc3c2=O)cc1. The Kier molecular flexibility index (Phi) is 4.73. The van der Waals surface area contributed by atoms with Crippen LogP contribution in [0, 0.1) is 0 Å². The number of nitrogens with zero attached hydrogens (tertiary/aromatic N) is 2. The second-order valence-corrected chi connectivity index (χ2v) is 6.28. The number of thiophene rings is 1. The van der Waals surface area contributed by atoms with E-state index in [1.165, 1.54) is 29.2 Å². The number of aliphatic hydroxyl groups excluding tert-OH is 1. The lowest BCUT2D eigenvalue weighted by Gasteiger charge is -2.14. The van der Waals surface area contributed by atoms with E-state index in [1.807, 2.05) is 5.38 Å². The van der Waals surface area contributed by atoms with Crippen molar-refractivity contribution in [2.75, 3.05) is 6.61 Å². The Hall–Kier alpha value is -2.51. The van der Waals surface area contributed by atoms with Crippen molar-refractivity contribution >= 4 is 27.3 Å². The Morgan fingerprint density at radius 3 is 2.79 bits per heavy atom. The molecule has 3 rings (SSSR count). The lowest BCUT2D eigenvalue weighted by molar-refractivity contribution is 0.0914. The van der Waals surface area contributed by atoms with Crippen LogP contribution in [0.25, 0.3) is 10.2 Å². The summed E-state index contributed by atoms with van der Waals surface area (Å²) in [7, 11) is 0. The normalized spacial score (nSPS) is 12.2. The third kappa shape index (κ3) is 3.52. The number of Topliss-reactive ketones (excluding diaryl/α,β-unsaturated/α-hetero) is 1. The van der Waals surface area contributed by atoms with Gasteiger partial charge in [0.25, 0.3) is 5.56 Å². The lowest BCUT2D eigenvalue weighted by atomic mass is 10.1. The molecule has 0 spiro atoms. The van der Waals surface area contributed by atoms with Gasteiger partial charge >= 0.3 is 0 Å². The van der Waals surface area contributed by atoms with Crippen LogP contribution in [0.15, 0.2) is 46.8 Å². The summed E-state index contributed by atoms with van der Waals surface area (Å²) >= 11 is 1.40. The molecule has 1 unspecified atom stereocenters. The maximum Gasteiger partial charge on any atom is 0.262 e. The van der Waals surface area contributed by atoms with Crippen LogP contribution in [0.5, 0.6) is 5.75 Å². The smallest absolute Gasteiger partial charge is 0.262 e. The van der Waals surface area contributed by atoms with Crippen LogP contribution in [0.3, 0.4) is 0 Å². The summed E-state index contributed by atoms with van der Waals surface area (Å²) in [5.74, 6) is 0.537. The molecule has 0 aliphatic heterocycles. The van der Waals surface area contributed by atoms with Gasteiger partial charge in [-0.3, -0.25) is 14.2 Å². The van der Waals surface area contributed by atoms with Crippen LogP contribution < -0.4 is 10.3 Å². The van der Waals surface area contributed by atoms with Crippen molar-refractivity contribution in [3.8, 4) is 5.75 Å². The molecule has 0 aliphatic rings. The number of rotatable bonds is 6. The predicted octanol–water partition coefficient (Wildman–Crippen LogP) is 2.10. The molecule has 2 heterocycles. The third-order valence-corrected chi connectivity index (χ3v) is 4.38. The van der Waals surface area contributed by atoms with Crippen molar-refractivity contribution in [1.82, 2.24) is 9.55 Å². The topological polar surface area (TPSA) is 81.4 Å². The van der Waals surface area contributed by atoms with Crippen molar-refractivity contribution in [3.05, 3.63) is 58.0 Å². The van der Waals surface area contributed by atoms with E-state index in [0.29, 0.717) is 21.5 Å². The highest BCUT2D eigenvalue weighted by Gasteiger charge is 2.11. The molecule has 2 aromatic heterocycles. The Morgan fingerprint density at radius 1 is 1.33 bits per heavy atom. The number of ketones is 1. The van der Waals surface area contributed by atoms with Gasteiger partial charge in [0.1, 0.15) is 23.3 Å². The fourth-order valence-electron chi connectivity index (χ4n) is 2.28. The van der Waals surface area contributed by atoms with E-state index in [2.05, 4.69) is 4.98 Å². The van der Waals surface area contributed by atoms with E-state index in [4.69, 9.17) is 4.74 Å². The molecule has 0 fully saturated rings. The molecule has 0 amide bonds. The number of aliphatic hydroxyl groups is 1. The first-order valence-electron chi connectivity index (χ1n) is 7.39. The number of benzene rings is 1. The Bertz CT molecular complexity index is 914. The summed E-state index contributed by atoms with van der Waals surface area (Å²) in [6, 6.07) is 8.42. The first-order chi connectivity index (χ1) is 11.5. The Morgan fingerprint density at radius 2 is 2.08 bits per heavy atom. The van der Waals surface area contributed by atoms with Gasteiger partial charge in [-0.2, -0.15) is 0 Å². The molecular weight excluding hydrogens is 328 g/mol. The highest BCUT2D eigenvalue weighted by Crippen LogP contribution is 2.14. The maximum absolute atomic E-state index is 12.2. The largest absolute Gasteiger partial charge is 0.491 e. The van der Waals surface area contributed by atoms with Crippen molar-refractivity contribution in [2.24, 2.45) is 0 Å². The molecule has 1 aromatic carbocycles. The lowest BCUT2D eigenvalue weighted by Crippen LogP contribution is -2.30. The van der Waals surface area contributed by atoms with Gasteiger partial charge in [-0.1, -0.05) is 0 Å². The van der Waals surface area contributed by atoms with Crippen LogP contribution in [-0.2, 0) is 6.54 Å². The van der Waals surface area contributed by atoms with Gasteiger partial charge in [0.15, 0.2) is 5.78 Å². The van der Waals surface area contributed by atoms with Crippen molar-refractivity contribution in [1.29, 1.82) is 0 Å². The van der Waals surface area contributed by atoms with Crippen molar-refractivity contribution < 1.29 is 14.6 Å². The van der Waals surface area contributed by atoms with Gasteiger partial charge in [0, 0.05) is 5.56 Å². The van der Waals surface area contributed by atoms with E-state index < -0.39 is 6.10 Å². The number of hydrogen-bond acceptors (Lipinski definition) is 6. The summed E-state index contributed by atoms with van der Waals surface area (Å²) in [4.78, 5) is 28.3. The van der Waals surface area contributed by atoms with E-state index >= 15 is 0 Å². The molecular formula is C17H16N2O4S. The highest BCUT2D eigenvalue weighted by molar-refractivity contribution is 7.16. The Labute approximate surface area is 142 Å². The third-order valence-electron chi connectivity index (χ3n) is 3.56. The van der Waals surface area contributed by atoms with Gasteiger partial charge in [0.05, 0.1) is 18.3 Å². The number of aromatic nitrogens is 2. The molecule has 0 bridgehead atoms. The van der Waals surface area contributed by atoms with Crippen LogP contribution in [0.1, 0.15) is 17.3 Å². The molecule has 1 N–H and O–H groups in total. The number of ether oxygens (including phenoxy) is 1. The fraction of sp³-hybridized carbons (Fsp3) is 0.235. The summed E-state index contributed by atoms with van der Waals surface area (Å²) in [6.07, 6.45) is 0.583. The average Bonchev–Trinajstić information content (AvgIpc) is 3.05. The van der Waals surface area contributed by atoms with Gasteiger partial charge in [-0.25, -0.2) is 4.98 Å². The predicted molar refractivity (Wildman–Crippen MR) is 91.8 cm³/mol. The monoisotopic (exact) mass is 344 g/mol. The zero-order valence-electron chi connectivity index (χ0n) is 13.0. The van der Waals surface area contributed by atoms with E-state index in [-0.39, 0.29) is 24.5 Å². The molecule has 0 aliphatic carbocycles. The number of carbonyl (C=O) groups excluding carboxylic acids is 1. The van der Waals surface area contributed by atoms with E-state index in [1.54, 1.807) is 30.3 Å². The molecule has 0 saturated heterocycles. The summed E-state index contributed by atoms with van der Waals surface area (Å²) < 4.78 is 6.87. The minimum Gasteiger partial charge on any atom is -0.491 e. The Balaban J connectivity index is 1.62. The molecule has 7 heteroatoms. The number of fused-ring (bicyclic) bond motifs is 1. The highest BCUT2D eigenvalue weighted by atomic mass is 32.1. The maximum atomic E-state index is 12.2. The second-order valence-electron chi connectivity index (χ2n) is 5.39. The van der Waals surface area contributed by atoms with E-state index in [9.17, 15) is 14.7 Å². The first kappa shape index (κ1) is 16.4. The second kappa shape index (κ2) is 6.94. The summed E-state index contributed by atoms with van der Waals surface area (Å²) in [5.41, 5.74) is 0.427. The minimum atomic E-state index is -0.854.